The molecule has 21 heavy (non-hydrogen) atoms. The Kier molecular flexibility index (Phi) is 4.16. The third-order valence-corrected chi connectivity index (χ3v) is 5.38. The summed E-state index contributed by atoms with van der Waals surface area (Å²) in [6, 6.07) is 1.72. The molecule has 1 atom stereocenters. The number of sulfonamides is 1. The number of halogens is 3. The molecule has 118 valence electrons. The second-order valence-corrected chi connectivity index (χ2v) is 7.05. The largest absolute Gasteiger partial charge is 0.402 e. The van der Waals surface area contributed by atoms with E-state index in [1.165, 1.54) is 19.1 Å². The van der Waals surface area contributed by atoms with Gasteiger partial charge in [0, 0.05) is 12.2 Å². The van der Waals surface area contributed by atoms with Gasteiger partial charge in [-0.3, -0.25) is 0 Å². The topological polar surface area (TPSA) is 76.3 Å². The first kappa shape index (κ1) is 16.0. The Hall–Kier alpha value is -1.35. The number of nitrogens with zero attached hydrogens (tertiary/aromatic N) is 2. The van der Waals surface area contributed by atoms with Gasteiger partial charge in [-0.05, 0) is 37.8 Å². The van der Waals surface area contributed by atoms with Crippen LogP contribution in [0.4, 0.5) is 19.0 Å². The zero-order valence-electron chi connectivity index (χ0n) is 11.3. The van der Waals surface area contributed by atoms with Crippen LogP contribution in [0.1, 0.15) is 19.8 Å². The van der Waals surface area contributed by atoms with Crippen molar-refractivity contribution >= 4 is 15.8 Å². The highest BCUT2D eigenvalue weighted by molar-refractivity contribution is 7.89. The first-order valence-electron chi connectivity index (χ1n) is 6.41. The van der Waals surface area contributed by atoms with E-state index in [1.807, 2.05) is 0 Å². The fourth-order valence-electron chi connectivity index (χ4n) is 2.12. The van der Waals surface area contributed by atoms with Crippen LogP contribution in [0.15, 0.2) is 23.2 Å². The maximum atomic E-state index is 12.7. The van der Waals surface area contributed by atoms with Crippen LogP contribution in [0.5, 0.6) is 0 Å². The standard InChI is InChI=1S/C12H16F3N3O2S/c1-8(9-2-3-9)18(7-12(13,14)15)21(19,20)10-4-5-11(16)17-6-10/h4-6,8-9H,2-3,7H2,1H3,(H2,16,17). The molecule has 0 aliphatic heterocycles. The van der Waals surface area contributed by atoms with Crippen LogP contribution in [0.3, 0.4) is 0 Å². The Morgan fingerprint density at radius 2 is 2.05 bits per heavy atom. The molecule has 1 aliphatic carbocycles. The van der Waals surface area contributed by atoms with E-state index in [-0.39, 0.29) is 16.6 Å². The molecule has 5 nitrogen and oxygen atoms in total. The molecule has 2 rings (SSSR count). The molecule has 1 aliphatic rings. The molecule has 1 unspecified atom stereocenters. The average molecular weight is 323 g/mol. The maximum Gasteiger partial charge on any atom is 0.402 e. The molecule has 0 amide bonds. The van der Waals surface area contributed by atoms with Gasteiger partial charge in [0.15, 0.2) is 0 Å². The molecule has 9 heteroatoms. The zero-order valence-corrected chi connectivity index (χ0v) is 12.2. The highest BCUT2D eigenvalue weighted by Crippen LogP contribution is 2.38. The Morgan fingerprint density at radius 1 is 1.43 bits per heavy atom. The predicted molar refractivity (Wildman–Crippen MR) is 70.8 cm³/mol. The van der Waals surface area contributed by atoms with Gasteiger partial charge in [-0.15, -0.1) is 0 Å². The van der Waals surface area contributed by atoms with Gasteiger partial charge >= 0.3 is 6.18 Å². The van der Waals surface area contributed by atoms with Crippen LogP contribution in [0.2, 0.25) is 0 Å². The normalized spacial score (nSPS) is 18.0. The Bertz CT molecular complexity index is 597. The van der Waals surface area contributed by atoms with Gasteiger partial charge in [0.05, 0.1) is 0 Å². The Labute approximate surface area is 121 Å². The van der Waals surface area contributed by atoms with Crippen molar-refractivity contribution in [2.45, 2.75) is 36.9 Å². The first-order valence-corrected chi connectivity index (χ1v) is 7.85. The summed E-state index contributed by atoms with van der Waals surface area (Å²) >= 11 is 0. The minimum Gasteiger partial charge on any atom is -0.384 e. The molecule has 1 aromatic rings. The summed E-state index contributed by atoms with van der Waals surface area (Å²) in [5, 5.41) is 0. The lowest BCUT2D eigenvalue weighted by Crippen LogP contribution is -2.45. The van der Waals surface area contributed by atoms with Gasteiger partial charge in [0.2, 0.25) is 10.0 Å². The van der Waals surface area contributed by atoms with E-state index >= 15 is 0 Å². The number of pyridine rings is 1. The highest BCUT2D eigenvalue weighted by Gasteiger charge is 2.44. The number of hydrogen-bond acceptors (Lipinski definition) is 4. The van der Waals surface area contributed by atoms with E-state index in [2.05, 4.69) is 4.98 Å². The maximum absolute atomic E-state index is 12.7. The van der Waals surface area contributed by atoms with E-state index in [9.17, 15) is 21.6 Å². The van der Waals surface area contributed by atoms with Crippen molar-refractivity contribution < 1.29 is 21.6 Å². The van der Waals surface area contributed by atoms with Crippen LogP contribution in [0.25, 0.3) is 0 Å². The Morgan fingerprint density at radius 3 is 2.48 bits per heavy atom. The third-order valence-electron chi connectivity index (χ3n) is 3.46. The summed E-state index contributed by atoms with van der Waals surface area (Å²) < 4.78 is 63.5. The van der Waals surface area contributed by atoms with Crippen molar-refractivity contribution in [2.75, 3.05) is 12.3 Å². The van der Waals surface area contributed by atoms with Gasteiger partial charge in [-0.25, -0.2) is 13.4 Å². The van der Waals surface area contributed by atoms with Crippen molar-refractivity contribution in [3.63, 3.8) is 0 Å². The van der Waals surface area contributed by atoms with E-state index in [0.717, 1.165) is 19.0 Å². The number of aromatic nitrogens is 1. The quantitative estimate of drug-likeness (QED) is 0.899. The van der Waals surface area contributed by atoms with Gasteiger partial charge in [0.1, 0.15) is 17.3 Å². The van der Waals surface area contributed by atoms with Crippen molar-refractivity contribution in [2.24, 2.45) is 5.92 Å². The molecule has 0 radical (unpaired) electrons. The van der Waals surface area contributed by atoms with Crippen molar-refractivity contribution in [3.05, 3.63) is 18.3 Å². The molecule has 0 saturated heterocycles. The molecular weight excluding hydrogens is 307 g/mol. The average Bonchev–Trinajstić information content (AvgIpc) is 3.18. The summed E-state index contributed by atoms with van der Waals surface area (Å²) in [6.07, 6.45) is -2.14. The summed E-state index contributed by atoms with van der Waals surface area (Å²) in [4.78, 5) is 3.35. The number of nitrogens with two attached hydrogens (primary N) is 1. The molecule has 2 N–H and O–H groups in total. The number of rotatable bonds is 5. The monoisotopic (exact) mass is 323 g/mol. The summed E-state index contributed by atoms with van der Waals surface area (Å²) in [5.74, 6) is 0.0791. The molecule has 0 spiro atoms. The molecule has 1 heterocycles. The van der Waals surface area contributed by atoms with E-state index in [4.69, 9.17) is 5.73 Å². The lowest BCUT2D eigenvalue weighted by molar-refractivity contribution is -0.139. The summed E-state index contributed by atoms with van der Waals surface area (Å²) in [6.45, 7) is 0.00304. The first-order chi connectivity index (χ1) is 9.61. The fourth-order valence-corrected chi connectivity index (χ4v) is 3.74. The number of hydrogen-bond donors (Lipinski definition) is 1. The van der Waals surface area contributed by atoms with E-state index in [1.54, 1.807) is 0 Å². The zero-order chi connectivity index (χ0) is 15.8. The van der Waals surface area contributed by atoms with Crippen LogP contribution < -0.4 is 5.73 Å². The SMILES string of the molecule is CC(C1CC1)N(CC(F)(F)F)S(=O)(=O)c1ccc(N)nc1. The van der Waals surface area contributed by atoms with Gasteiger partial charge in [0.25, 0.3) is 0 Å². The van der Waals surface area contributed by atoms with Crippen LogP contribution in [0, 0.1) is 5.92 Å². The Balaban J connectivity index is 2.35. The lowest BCUT2D eigenvalue weighted by Gasteiger charge is -2.29. The number of anilines is 1. The third kappa shape index (κ3) is 3.85. The smallest absolute Gasteiger partial charge is 0.384 e. The highest BCUT2D eigenvalue weighted by atomic mass is 32.2. The van der Waals surface area contributed by atoms with Crippen molar-refractivity contribution in [3.8, 4) is 0 Å². The van der Waals surface area contributed by atoms with E-state index < -0.39 is 28.8 Å². The second-order valence-electron chi connectivity index (χ2n) is 5.16. The summed E-state index contributed by atoms with van der Waals surface area (Å²) in [5.41, 5.74) is 5.37. The molecular formula is C12H16F3N3O2S. The predicted octanol–water partition coefficient (Wildman–Crippen LogP) is 2.02. The number of alkyl halides is 3. The molecule has 0 aromatic carbocycles. The number of nitrogen functional groups attached to an aromatic ring is 1. The minimum absolute atomic E-state index is 0.0242. The molecule has 0 bridgehead atoms. The molecule has 1 aromatic heterocycles. The fraction of sp³-hybridized carbons (Fsp3) is 0.583. The molecule has 1 fully saturated rings. The van der Waals surface area contributed by atoms with Crippen LogP contribution in [-0.4, -0.2) is 36.5 Å². The van der Waals surface area contributed by atoms with Crippen LogP contribution in [-0.2, 0) is 10.0 Å². The van der Waals surface area contributed by atoms with Gasteiger partial charge in [-0.2, -0.15) is 17.5 Å². The minimum atomic E-state index is -4.60. The van der Waals surface area contributed by atoms with E-state index in [0.29, 0.717) is 4.31 Å². The van der Waals surface area contributed by atoms with Crippen molar-refractivity contribution in [1.29, 1.82) is 0 Å². The van der Waals surface area contributed by atoms with Gasteiger partial charge in [-0.1, -0.05) is 0 Å². The summed E-state index contributed by atoms with van der Waals surface area (Å²) in [7, 11) is -4.26. The van der Waals surface area contributed by atoms with Gasteiger partial charge < -0.3 is 5.73 Å². The van der Waals surface area contributed by atoms with Crippen LogP contribution >= 0.6 is 0 Å². The lowest BCUT2D eigenvalue weighted by atomic mass is 10.2. The van der Waals surface area contributed by atoms with Crippen molar-refractivity contribution in [1.82, 2.24) is 9.29 Å². The molecule has 1 saturated carbocycles. The second kappa shape index (κ2) is 5.45.